The number of aliphatic hydroxyl groups excluding tert-OH is 1. The molecule has 1 saturated heterocycles. The average molecular weight is 519 g/mol. The Morgan fingerprint density at radius 2 is 1.84 bits per heavy atom. The van der Waals surface area contributed by atoms with Crippen LogP contribution >= 0.6 is 0 Å². The third-order valence-electron chi connectivity index (χ3n) is 12.2. The Bertz CT molecular complexity index is 935. The van der Waals surface area contributed by atoms with Crippen LogP contribution < -0.4 is 0 Å². The molecule has 2 heterocycles. The van der Waals surface area contributed by atoms with E-state index in [9.17, 15) is 15.0 Å². The van der Waals surface area contributed by atoms with Gasteiger partial charge in [0.2, 0.25) is 0 Å². The maximum atomic E-state index is 12.4. The summed E-state index contributed by atoms with van der Waals surface area (Å²) in [7, 11) is 1.64. The van der Waals surface area contributed by atoms with Gasteiger partial charge >= 0.3 is 5.97 Å². The standard InChI is InChI=1S/C30H46O7/c1-17-27(32)24(34-4)15-26(36-17)37-20-7-10-28(2)19(14-20)5-6-23-22(28)8-11-29(3)21(9-12-30(23,29)33)18-13-25(31)35-16-18/h13,17,19-24,26-27,32-33H,5-12,14-16H2,1-4H3/t17?,19-,20-,21-,22?,23?,24?,26+,27-,28+,29-,30+/m1/s1. The van der Waals surface area contributed by atoms with Crippen molar-refractivity contribution in [2.75, 3.05) is 13.7 Å². The molecule has 0 aromatic rings. The molecule has 0 amide bonds. The van der Waals surface area contributed by atoms with Crippen molar-refractivity contribution in [3.05, 3.63) is 11.6 Å². The number of hydrogen-bond donors (Lipinski definition) is 2. The minimum atomic E-state index is -0.670. The molecule has 6 rings (SSSR count). The first-order valence-corrected chi connectivity index (χ1v) is 14.7. The SMILES string of the molecule is COC1C[C@H](O[C@@H]2CC[C@]3(C)C4CC[C@]5(C)[C@@H](C6=CC(=O)OC6)CC[C@]5(O)C4CC[C@@H]3C2)OC(C)[C@H]1O. The lowest BCUT2D eigenvalue weighted by Gasteiger charge is -2.64. The highest BCUT2D eigenvalue weighted by atomic mass is 16.7. The molecular formula is C30H46O7. The molecule has 2 aliphatic heterocycles. The maximum Gasteiger partial charge on any atom is 0.331 e. The topological polar surface area (TPSA) is 94.5 Å². The molecular weight excluding hydrogens is 472 g/mol. The Hall–Kier alpha value is -0.990. The summed E-state index contributed by atoms with van der Waals surface area (Å²) in [6, 6.07) is 0. The van der Waals surface area contributed by atoms with E-state index < -0.39 is 11.7 Å². The summed E-state index contributed by atoms with van der Waals surface area (Å²) in [4.78, 5) is 11.8. The Morgan fingerprint density at radius 3 is 2.57 bits per heavy atom. The van der Waals surface area contributed by atoms with Gasteiger partial charge in [-0.05, 0) is 99.4 Å². The smallest absolute Gasteiger partial charge is 0.331 e. The molecule has 7 nitrogen and oxygen atoms in total. The van der Waals surface area contributed by atoms with Gasteiger partial charge in [0, 0.05) is 25.0 Å². The van der Waals surface area contributed by atoms with Crippen LogP contribution in [-0.2, 0) is 23.7 Å². The van der Waals surface area contributed by atoms with E-state index in [4.69, 9.17) is 18.9 Å². The number of carbonyl (C=O) groups excluding carboxylic acids is 1. The number of rotatable bonds is 4. The van der Waals surface area contributed by atoms with Crippen molar-refractivity contribution in [2.24, 2.45) is 34.5 Å². The molecule has 2 N–H and O–H groups in total. The monoisotopic (exact) mass is 518 g/mol. The molecule has 12 atom stereocenters. The highest BCUT2D eigenvalue weighted by Crippen LogP contribution is 2.70. The molecule has 4 saturated carbocycles. The van der Waals surface area contributed by atoms with E-state index in [0.717, 1.165) is 63.4 Å². The zero-order valence-electron chi connectivity index (χ0n) is 23.0. The highest BCUT2D eigenvalue weighted by molar-refractivity contribution is 5.85. The van der Waals surface area contributed by atoms with Crippen LogP contribution in [0.5, 0.6) is 0 Å². The van der Waals surface area contributed by atoms with E-state index in [1.54, 1.807) is 13.2 Å². The van der Waals surface area contributed by atoms with Crippen molar-refractivity contribution in [2.45, 2.75) is 121 Å². The van der Waals surface area contributed by atoms with Crippen LogP contribution in [0, 0.1) is 34.5 Å². The quantitative estimate of drug-likeness (QED) is 0.427. The van der Waals surface area contributed by atoms with Gasteiger partial charge in [-0.2, -0.15) is 0 Å². The van der Waals surface area contributed by atoms with Crippen molar-refractivity contribution in [1.29, 1.82) is 0 Å². The van der Waals surface area contributed by atoms with E-state index >= 15 is 0 Å². The zero-order valence-corrected chi connectivity index (χ0v) is 23.0. The third kappa shape index (κ3) is 3.97. The highest BCUT2D eigenvalue weighted by Gasteiger charge is 2.67. The van der Waals surface area contributed by atoms with Crippen LogP contribution in [0.4, 0.5) is 0 Å². The molecule has 4 unspecified atom stereocenters. The van der Waals surface area contributed by atoms with Crippen LogP contribution in [0.25, 0.3) is 0 Å². The molecule has 6 aliphatic rings. The first kappa shape index (κ1) is 26.2. The van der Waals surface area contributed by atoms with E-state index in [2.05, 4.69) is 13.8 Å². The van der Waals surface area contributed by atoms with Crippen LogP contribution in [0.2, 0.25) is 0 Å². The number of cyclic esters (lactones) is 1. The number of carbonyl (C=O) groups is 1. The number of esters is 1. The summed E-state index contributed by atoms with van der Waals surface area (Å²) in [6.07, 6.45) is 10.2. The molecule has 37 heavy (non-hydrogen) atoms. The Labute approximate surface area is 221 Å². The Morgan fingerprint density at radius 1 is 1.03 bits per heavy atom. The number of aliphatic hydroxyl groups is 2. The fraction of sp³-hybridized carbons (Fsp3) is 0.900. The Balaban J connectivity index is 1.15. The van der Waals surface area contributed by atoms with Gasteiger partial charge in [0.1, 0.15) is 12.7 Å². The van der Waals surface area contributed by atoms with Crippen LogP contribution in [0.3, 0.4) is 0 Å². The third-order valence-corrected chi connectivity index (χ3v) is 12.2. The molecule has 0 aromatic carbocycles. The summed E-state index contributed by atoms with van der Waals surface area (Å²) in [5.74, 6) is 1.45. The summed E-state index contributed by atoms with van der Waals surface area (Å²) >= 11 is 0. The number of methoxy groups -OCH3 is 1. The molecule has 7 heteroatoms. The fourth-order valence-electron chi connectivity index (χ4n) is 10.0. The number of hydrogen-bond acceptors (Lipinski definition) is 7. The van der Waals surface area contributed by atoms with E-state index in [-0.39, 0.29) is 47.3 Å². The first-order valence-electron chi connectivity index (χ1n) is 14.7. The normalized spacial score (nSPS) is 53.6. The van der Waals surface area contributed by atoms with Gasteiger partial charge < -0.3 is 29.2 Å². The van der Waals surface area contributed by atoms with Gasteiger partial charge in [-0.25, -0.2) is 4.79 Å². The lowest BCUT2D eigenvalue weighted by Crippen LogP contribution is -2.62. The summed E-state index contributed by atoms with van der Waals surface area (Å²) in [5, 5.41) is 22.7. The minimum Gasteiger partial charge on any atom is -0.458 e. The van der Waals surface area contributed by atoms with E-state index in [0.29, 0.717) is 30.8 Å². The second-order valence-corrected chi connectivity index (χ2v) is 13.6. The van der Waals surface area contributed by atoms with Gasteiger partial charge in [-0.1, -0.05) is 13.8 Å². The van der Waals surface area contributed by atoms with Gasteiger partial charge in [-0.15, -0.1) is 0 Å². The van der Waals surface area contributed by atoms with Gasteiger partial charge in [0.25, 0.3) is 0 Å². The number of fused-ring (bicyclic) bond motifs is 5. The van der Waals surface area contributed by atoms with Gasteiger partial charge in [0.15, 0.2) is 6.29 Å². The van der Waals surface area contributed by atoms with Crippen LogP contribution in [-0.4, -0.2) is 66.2 Å². The van der Waals surface area contributed by atoms with Crippen LogP contribution in [0.1, 0.15) is 85.0 Å². The molecule has 0 radical (unpaired) electrons. The Kier molecular flexibility index (Phi) is 6.59. The molecule has 0 spiro atoms. The van der Waals surface area contributed by atoms with Crippen molar-refractivity contribution in [3.8, 4) is 0 Å². The van der Waals surface area contributed by atoms with Crippen molar-refractivity contribution in [3.63, 3.8) is 0 Å². The zero-order chi connectivity index (χ0) is 26.2. The van der Waals surface area contributed by atoms with Crippen molar-refractivity contribution < 1.29 is 34.0 Å². The molecule has 0 bridgehead atoms. The molecule has 5 fully saturated rings. The maximum absolute atomic E-state index is 12.4. The second-order valence-electron chi connectivity index (χ2n) is 13.6. The van der Waals surface area contributed by atoms with Gasteiger partial charge in [-0.3, -0.25) is 0 Å². The molecule has 0 aromatic heterocycles. The average Bonchev–Trinajstić information content (AvgIpc) is 3.41. The first-order chi connectivity index (χ1) is 17.6. The van der Waals surface area contributed by atoms with Crippen LogP contribution in [0.15, 0.2) is 11.6 Å². The van der Waals surface area contributed by atoms with E-state index in [1.165, 1.54) is 0 Å². The predicted octanol–water partition coefficient (Wildman–Crippen LogP) is 4.14. The number of ether oxygens (including phenoxy) is 4. The lowest BCUT2D eigenvalue weighted by atomic mass is 9.43. The second kappa shape index (κ2) is 9.29. The van der Waals surface area contributed by atoms with E-state index in [1.807, 2.05) is 6.92 Å². The predicted molar refractivity (Wildman–Crippen MR) is 136 cm³/mol. The summed E-state index contributed by atoms with van der Waals surface area (Å²) < 4.78 is 23.2. The summed E-state index contributed by atoms with van der Waals surface area (Å²) in [6.45, 7) is 7.07. The van der Waals surface area contributed by atoms with Crippen molar-refractivity contribution >= 4 is 5.97 Å². The lowest BCUT2D eigenvalue weighted by molar-refractivity contribution is -0.273. The van der Waals surface area contributed by atoms with Crippen molar-refractivity contribution in [1.82, 2.24) is 0 Å². The molecule has 4 aliphatic carbocycles. The van der Waals surface area contributed by atoms with Gasteiger partial charge in [0.05, 0.1) is 23.9 Å². The molecule has 208 valence electrons. The minimum absolute atomic E-state index is 0.166. The fourth-order valence-corrected chi connectivity index (χ4v) is 10.0. The largest absolute Gasteiger partial charge is 0.458 e. The summed E-state index contributed by atoms with van der Waals surface area (Å²) in [5.41, 5.74) is 0.461.